The minimum absolute atomic E-state index is 0.383. The molecule has 2 atom stereocenters. The van der Waals surface area contributed by atoms with Gasteiger partial charge in [-0.25, -0.2) is 0 Å². The van der Waals surface area contributed by atoms with Gasteiger partial charge in [-0.05, 0) is 36.5 Å². The van der Waals surface area contributed by atoms with Crippen LogP contribution in [0.25, 0.3) is 0 Å². The van der Waals surface area contributed by atoms with E-state index in [0.717, 1.165) is 25.8 Å². The van der Waals surface area contributed by atoms with E-state index >= 15 is 0 Å². The first-order valence-electron chi connectivity index (χ1n) is 7.15. The topological polar surface area (TPSA) is 20.3 Å². The predicted octanol–water partition coefficient (Wildman–Crippen LogP) is 3.60. The van der Waals surface area contributed by atoms with Gasteiger partial charge in [0.2, 0.25) is 5.91 Å². The molecular weight excluding hydrogens is 210 g/mol. The van der Waals surface area contributed by atoms with Crippen molar-refractivity contribution in [3.05, 3.63) is 0 Å². The molecule has 1 saturated carbocycles. The summed E-state index contributed by atoms with van der Waals surface area (Å²) in [5.74, 6) is 0.401. The third-order valence-corrected chi connectivity index (χ3v) is 4.48. The van der Waals surface area contributed by atoms with Crippen LogP contribution in [0.5, 0.6) is 0 Å². The third kappa shape index (κ3) is 2.66. The predicted molar refractivity (Wildman–Crippen MR) is 70.8 cm³/mol. The van der Waals surface area contributed by atoms with Gasteiger partial charge in [0.15, 0.2) is 0 Å². The number of unbranched alkanes of at least 4 members (excludes halogenated alkanes) is 1. The maximum Gasteiger partial charge on any atom is 0.222 e. The summed E-state index contributed by atoms with van der Waals surface area (Å²) in [6, 6.07) is 0.521. The third-order valence-electron chi connectivity index (χ3n) is 4.48. The number of carbonyl (C=O) groups excluding carboxylic acids is 1. The fraction of sp³-hybridized carbons (Fsp3) is 0.933. The monoisotopic (exact) mass is 237 g/mol. The quantitative estimate of drug-likeness (QED) is 0.734. The second-order valence-electron chi connectivity index (χ2n) is 7.34. The van der Waals surface area contributed by atoms with Crippen molar-refractivity contribution in [2.45, 2.75) is 72.3 Å². The number of amides is 1. The number of fused-ring (bicyclic) bond motifs is 2. The van der Waals surface area contributed by atoms with Crippen LogP contribution in [0.2, 0.25) is 0 Å². The molecule has 1 aliphatic carbocycles. The van der Waals surface area contributed by atoms with Crippen LogP contribution in [-0.4, -0.2) is 23.4 Å². The van der Waals surface area contributed by atoms with E-state index < -0.39 is 0 Å². The molecule has 2 fully saturated rings. The molecule has 0 N–H and O–H groups in total. The summed E-state index contributed by atoms with van der Waals surface area (Å²) in [6.45, 7) is 10.2. The number of nitrogens with zero attached hydrogens (tertiary/aromatic N) is 1. The van der Waals surface area contributed by atoms with Gasteiger partial charge in [-0.3, -0.25) is 4.79 Å². The molecule has 2 heteroatoms. The Bertz CT molecular complexity index is 310. The molecule has 2 rings (SSSR count). The first kappa shape index (κ1) is 12.9. The Balaban J connectivity index is 2.05. The Hall–Kier alpha value is -0.530. The maximum absolute atomic E-state index is 12.2. The van der Waals surface area contributed by atoms with Gasteiger partial charge >= 0.3 is 0 Å². The normalized spacial score (nSPS) is 35.1. The number of hydrogen-bond donors (Lipinski definition) is 0. The molecular formula is C15H27NO. The standard InChI is InChI=1S/C15H27NO/c1-5-6-7-13(17)16-11-15(4)9-12(16)8-14(2,3)10-15/h12H,5-11H2,1-4H3. The van der Waals surface area contributed by atoms with Gasteiger partial charge in [0.05, 0.1) is 0 Å². The first-order chi connectivity index (χ1) is 7.85. The second-order valence-corrected chi connectivity index (χ2v) is 7.34. The molecule has 17 heavy (non-hydrogen) atoms. The molecule has 1 amide bonds. The molecule has 1 aliphatic heterocycles. The van der Waals surface area contributed by atoms with Gasteiger partial charge in [-0.15, -0.1) is 0 Å². The summed E-state index contributed by atoms with van der Waals surface area (Å²) in [5, 5.41) is 0. The van der Waals surface area contributed by atoms with Crippen LogP contribution < -0.4 is 0 Å². The molecule has 2 bridgehead atoms. The van der Waals surface area contributed by atoms with Crippen LogP contribution >= 0.6 is 0 Å². The fourth-order valence-electron chi connectivity index (χ4n) is 4.22. The van der Waals surface area contributed by atoms with Crippen LogP contribution in [0.3, 0.4) is 0 Å². The van der Waals surface area contributed by atoms with Crippen molar-refractivity contribution in [3.63, 3.8) is 0 Å². The van der Waals surface area contributed by atoms with Gasteiger partial charge < -0.3 is 4.90 Å². The molecule has 1 saturated heterocycles. The average molecular weight is 237 g/mol. The molecule has 1 heterocycles. The van der Waals surface area contributed by atoms with Crippen LogP contribution in [0, 0.1) is 10.8 Å². The fourth-order valence-corrected chi connectivity index (χ4v) is 4.22. The summed E-state index contributed by atoms with van der Waals surface area (Å²) in [7, 11) is 0. The van der Waals surface area contributed by atoms with Crippen molar-refractivity contribution >= 4 is 5.91 Å². The molecule has 2 unspecified atom stereocenters. The Morgan fingerprint density at radius 1 is 1.29 bits per heavy atom. The zero-order chi connectivity index (χ0) is 12.7. The van der Waals surface area contributed by atoms with Crippen molar-refractivity contribution in [1.29, 1.82) is 0 Å². The number of hydrogen-bond acceptors (Lipinski definition) is 1. The second kappa shape index (κ2) is 4.29. The van der Waals surface area contributed by atoms with Gasteiger partial charge in [0.1, 0.15) is 0 Å². The Morgan fingerprint density at radius 3 is 2.65 bits per heavy atom. The van der Waals surface area contributed by atoms with E-state index in [0.29, 0.717) is 22.8 Å². The van der Waals surface area contributed by atoms with Crippen LogP contribution in [0.1, 0.15) is 66.2 Å². The van der Waals surface area contributed by atoms with E-state index in [4.69, 9.17) is 0 Å². The van der Waals surface area contributed by atoms with E-state index in [1.54, 1.807) is 0 Å². The molecule has 2 nitrogen and oxygen atoms in total. The summed E-state index contributed by atoms with van der Waals surface area (Å²) in [6.07, 6.45) is 6.61. The van der Waals surface area contributed by atoms with E-state index in [2.05, 4.69) is 32.6 Å². The number of carbonyl (C=O) groups is 1. The van der Waals surface area contributed by atoms with E-state index in [-0.39, 0.29) is 0 Å². The lowest BCUT2D eigenvalue weighted by molar-refractivity contribution is -0.132. The van der Waals surface area contributed by atoms with E-state index in [9.17, 15) is 4.79 Å². The first-order valence-corrected chi connectivity index (χ1v) is 7.15. The highest BCUT2D eigenvalue weighted by Gasteiger charge is 2.50. The lowest BCUT2D eigenvalue weighted by Crippen LogP contribution is -2.37. The van der Waals surface area contributed by atoms with E-state index in [1.807, 2.05) is 0 Å². The number of rotatable bonds is 3. The van der Waals surface area contributed by atoms with Crippen molar-refractivity contribution in [1.82, 2.24) is 4.90 Å². The molecule has 0 spiro atoms. The molecule has 0 aromatic rings. The highest BCUT2D eigenvalue weighted by Crippen LogP contribution is 2.52. The minimum atomic E-state index is 0.383. The van der Waals surface area contributed by atoms with Crippen molar-refractivity contribution < 1.29 is 4.79 Å². The van der Waals surface area contributed by atoms with Gasteiger partial charge in [-0.1, -0.05) is 34.1 Å². The minimum Gasteiger partial charge on any atom is -0.339 e. The highest BCUT2D eigenvalue weighted by atomic mass is 16.2. The Kier molecular flexibility index (Phi) is 3.26. The summed E-state index contributed by atoms with van der Waals surface area (Å²) in [4.78, 5) is 14.4. The van der Waals surface area contributed by atoms with E-state index in [1.165, 1.54) is 19.3 Å². The Labute approximate surface area is 106 Å². The van der Waals surface area contributed by atoms with Crippen molar-refractivity contribution in [3.8, 4) is 0 Å². The Morgan fingerprint density at radius 2 is 2.00 bits per heavy atom. The van der Waals surface area contributed by atoms with Gasteiger partial charge in [-0.2, -0.15) is 0 Å². The lowest BCUT2D eigenvalue weighted by atomic mass is 9.65. The van der Waals surface area contributed by atoms with Gasteiger partial charge in [0, 0.05) is 19.0 Å². The molecule has 0 radical (unpaired) electrons. The summed E-state index contributed by atoms with van der Waals surface area (Å²) < 4.78 is 0. The zero-order valence-corrected chi connectivity index (χ0v) is 11.9. The molecule has 2 aliphatic rings. The van der Waals surface area contributed by atoms with Crippen molar-refractivity contribution in [2.24, 2.45) is 10.8 Å². The SMILES string of the molecule is CCCCC(=O)N1CC2(C)CC1CC(C)(C)C2. The highest BCUT2D eigenvalue weighted by molar-refractivity contribution is 5.77. The summed E-state index contributed by atoms with van der Waals surface area (Å²) in [5.41, 5.74) is 0.797. The lowest BCUT2D eigenvalue weighted by Gasteiger charge is -2.39. The van der Waals surface area contributed by atoms with Gasteiger partial charge in [0.25, 0.3) is 0 Å². The van der Waals surface area contributed by atoms with Crippen molar-refractivity contribution in [2.75, 3.05) is 6.54 Å². The summed E-state index contributed by atoms with van der Waals surface area (Å²) >= 11 is 0. The largest absolute Gasteiger partial charge is 0.339 e. The van der Waals surface area contributed by atoms with Crippen LogP contribution in [-0.2, 0) is 4.79 Å². The van der Waals surface area contributed by atoms with Crippen LogP contribution in [0.4, 0.5) is 0 Å². The zero-order valence-electron chi connectivity index (χ0n) is 11.9. The number of likely N-dealkylation sites (tertiary alicyclic amines) is 1. The molecule has 98 valence electrons. The maximum atomic E-state index is 12.2. The van der Waals surface area contributed by atoms with Crippen LogP contribution in [0.15, 0.2) is 0 Å². The molecule has 0 aromatic carbocycles. The molecule has 0 aromatic heterocycles. The average Bonchev–Trinajstić information content (AvgIpc) is 2.44. The smallest absolute Gasteiger partial charge is 0.222 e.